The van der Waals surface area contributed by atoms with Crippen LogP contribution in [0.4, 0.5) is 11.4 Å². The zero-order valence-corrected chi connectivity index (χ0v) is 22.1. The Morgan fingerprint density at radius 2 is 1.97 bits per heavy atom. The van der Waals surface area contributed by atoms with E-state index >= 15 is 0 Å². The first-order valence-electron chi connectivity index (χ1n) is 10.9. The Morgan fingerprint density at radius 1 is 1.22 bits per heavy atom. The second-order valence-electron chi connectivity index (χ2n) is 7.41. The number of amides is 1. The van der Waals surface area contributed by atoms with Gasteiger partial charge in [0.25, 0.3) is 11.6 Å². The normalized spacial score (nSPS) is 10.8. The Labute approximate surface area is 226 Å². The molecule has 37 heavy (non-hydrogen) atoms. The summed E-state index contributed by atoms with van der Waals surface area (Å²) in [5.41, 5.74) is 0.543. The molecule has 0 unspecified atom stereocenters. The Balaban J connectivity index is 1.89. The van der Waals surface area contributed by atoms with Crippen molar-refractivity contribution >= 4 is 50.9 Å². The van der Waals surface area contributed by atoms with Crippen LogP contribution in [-0.4, -0.2) is 24.5 Å². The molecule has 1 N–H and O–H groups in total. The quantitative estimate of drug-likeness (QED) is 0.124. The van der Waals surface area contributed by atoms with E-state index in [1.807, 2.05) is 31.2 Å². The molecule has 0 fully saturated rings. The Bertz CT molecular complexity index is 1400. The van der Waals surface area contributed by atoms with Gasteiger partial charge in [-0.1, -0.05) is 29.8 Å². The van der Waals surface area contributed by atoms with Crippen molar-refractivity contribution in [3.8, 4) is 23.3 Å². The Kier molecular flexibility index (Phi) is 9.49. The number of nitrogens with one attached hydrogen (secondary N) is 1. The summed E-state index contributed by atoms with van der Waals surface area (Å²) in [6, 6.07) is 16.4. The van der Waals surface area contributed by atoms with Crippen molar-refractivity contribution in [1.82, 2.24) is 0 Å². The molecule has 3 rings (SSSR count). The summed E-state index contributed by atoms with van der Waals surface area (Å²) < 4.78 is 17.2. The maximum atomic E-state index is 12.8. The highest BCUT2D eigenvalue weighted by atomic mass is 79.9. The SMILES string of the molecule is CCOc1cc(/C=C(\C#N)C(=O)Nc2ccc(OC)cc2[N+](=O)[O-])cc(Br)c1OCc1ccccc1Cl. The van der Waals surface area contributed by atoms with E-state index in [4.69, 9.17) is 25.8 Å². The number of hydrogen-bond acceptors (Lipinski definition) is 7. The molecule has 0 aromatic heterocycles. The number of benzene rings is 3. The molecular formula is C26H21BrClN3O6. The van der Waals surface area contributed by atoms with Crippen LogP contribution in [0.1, 0.15) is 18.1 Å². The van der Waals surface area contributed by atoms with E-state index in [-0.39, 0.29) is 29.3 Å². The van der Waals surface area contributed by atoms with Crippen LogP contribution in [0.5, 0.6) is 17.2 Å². The zero-order chi connectivity index (χ0) is 26.9. The van der Waals surface area contributed by atoms with E-state index in [9.17, 15) is 20.2 Å². The zero-order valence-electron chi connectivity index (χ0n) is 19.8. The maximum Gasteiger partial charge on any atom is 0.296 e. The minimum absolute atomic E-state index is 0.0727. The number of nitro groups is 1. The first-order valence-corrected chi connectivity index (χ1v) is 12.0. The van der Waals surface area contributed by atoms with Crippen LogP contribution in [0, 0.1) is 21.4 Å². The van der Waals surface area contributed by atoms with Gasteiger partial charge in [-0.05, 0) is 64.8 Å². The first kappa shape index (κ1) is 27.5. The minimum Gasteiger partial charge on any atom is -0.496 e. The highest BCUT2D eigenvalue weighted by molar-refractivity contribution is 9.10. The van der Waals surface area contributed by atoms with E-state index < -0.39 is 10.8 Å². The van der Waals surface area contributed by atoms with Crippen molar-refractivity contribution < 1.29 is 23.9 Å². The Hall–Kier alpha value is -4.07. The summed E-state index contributed by atoms with van der Waals surface area (Å²) >= 11 is 9.68. The summed E-state index contributed by atoms with van der Waals surface area (Å²) in [4.78, 5) is 23.6. The summed E-state index contributed by atoms with van der Waals surface area (Å²) in [5.74, 6) is 0.254. The third-order valence-electron chi connectivity index (χ3n) is 4.99. The molecule has 0 heterocycles. The molecule has 9 nitrogen and oxygen atoms in total. The molecule has 11 heteroatoms. The highest BCUT2D eigenvalue weighted by Gasteiger charge is 2.20. The van der Waals surface area contributed by atoms with E-state index in [0.29, 0.717) is 33.2 Å². The van der Waals surface area contributed by atoms with E-state index in [1.165, 1.54) is 31.4 Å². The second kappa shape index (κ2) is 12.8. The van der Waals surface area contributed by atoms with Gasteiger partial charge in [-0.15, -0.1) is 0 Å². The van der Waals surface area contributed by atoms with Crippen LogP contribution < -0.4 is 19.5 Å². The molecular weight excluding hydrogens is 566 g/mol. The van der Waals surface area contributed by atoms with Crippen LogP contribution in [0.15, 0.2) is 64.6 Å². The largest absolute Gasteiger partial charge is 0.496 e. The van der Waals surface area contributed by atoms with Crippen LogP contribution >= 0.6 is 27.5 Å². The number of anilines is 1. The van der Waals surface area contributed by atoms with Gasteiger partial charge in [-0.25, -0.2) is 0 Å². The molecule has 3 aromatic rings. The van der Waals surface area contributed by atoms with E-state index in [2.05, 4.69) is 21.2 Å². The van der Waals surface area contributed by atoms with E-state index in [1.54, 1.807) is 18.2 Å². The molecule has 0 bridgehead atoms. The fourth-order valence-corrected chi connectivity index (χ4v) is 4.00. The topological polar surface area (TPSA) is 124 Å². The monoisotopic (exact) mass is 585 g/mol. The van der Waals surface area contributed by atoms with Gasteiger partial charge in [0.05, 0.1) is 29.2 Å². The molecule has 0 saturated carbocycles. The van der Waals surface area contributed by atoms with Gasteiger partial charge in [-0.2, -0.15) is 5.26 Å². The first-order chi connectivity index (χ1) is 17.8. The Morgan fingerprint density at radius 3 is 2.62 bits per heavy atom. The van der Waals surface area contributed by atoms with Crippen LogP contribution in [-0.2, 0) is 11.4 Å². The molecule has 0 spiro atoms. The van der Waals surface area contributed by atoms with Gasteiger partial charge in [0.15, 0.2) is 11.5 Å². The standard InChI is InChI=1S/C26H21BrClN3O6/c1-3-36-24-12-16(11-20(27)25(24)37-15-17-6-4-5-7-21(17)28)10-18(14-29)26(32)30-22-9-8-19(35-2)13-23(22)31(33)34/h4-13H,3,15H2,1-2H3,(H,30,32)/b18-10+. The van der Waals surface area contributed by atoms with E-state index in [0.717, 1.165) is 5.56 Å². The maximum absolute atomic E-state index is 12.8. The number of nitrogens with zero attached hydrogens (tertiary/aromatic N) is 2. The number of carbonyl (C=O) groups excluding carboxylic acids is 1. The highest BCUT2D eigenvalue weighted by Crippen LogP contribution is 2.38. The van der Waals surface area contributed by atoms with Gasteiger partial charge >= 0.3 is 0 Å². The second-order valence-corrected chi connectivity index (χ2v) is 8.67. The molecule has 0 radical (unpaired) electrons. The van der Waals surface area contributed by atoms with Gasteiger partial charge in [0, 0.05) is 10.6 Å². The lowest BCUT2D eigenvalue weighted by Gasteiger charge is -2.15. The van der Waals surface area contributed by atoms with Crippen molar-refractivity contribution in [2.75, 3.05) is 19.0 Å². The van der Waals surface area contributed by atoms with Crippen molar-refractivity contribution in [3.63, 3.8) is 0 Å². The molecule has 0 aliphatic rings. The number of halogens is 2. The predicted molar refractivity (Wildman–Crippen MR) is 143 cm³/mol. The summed E-state index contributed by atoms with van der Waals surface area (Å²) in [6.45, 7) is 2.35. The number of methoxy groups -OCH3 is 1. The number of ether oxygens (including phenoxy) is 3. The summed E-state index contributed by atoms with van der Waals surface area (Å²) in [7, 11) is 1.37. The number of carbonyl (C=O) groups is 1. The molecule has 3 aromatic carbocycles. The average Bonchev–Trinajstić information content (AvgIpc) is 2.88. The number of nitro benzene ring substituents is 1. The summed E-state index contributed by atoms with van der Waals surface area (Å²) in [5, 5.41) is 24.0. The third kappa shape index (κ3) is 7.00. The van der Waals surface area contributed by atoms with Crippen molar-refractivity contribution in [3.05, 3.63) is 90.9 Å². The fourth-order valence-electron chi connectivity index (χ4n) is 3.24. The lowest BCUT2D eigenvalue weighted by Crippen LogP contribution is -2.14. The molecule has 0 aliphatic carbocycles. The smallest absolute Gasteiger partial charge is 0.296 e. The lowest BCUT2D eigenvalue weighted by atomic mass is 10.1. The van der Waals surface area contributed by atoms with Crippen molar-refractivity contribution in [2.24, 2.45) is 0 Å². The molecule has 0 saturated heterocycles. The van der Waals surface area contributed by atoms with Crippen LogP contribution in [0.3, 0.4) is 0 Å². The average molecular weight is 587 g/mol. The summed E-state index contributed by atoms with van der Waals surface area (Å²) in [6.07, 6.45) is 1.34. The molecule has 0 aliphatic heterocycles. The van der Waals surface area contributed by atoms with Gasteiger partial charge < -0.3 is 19.5 Å². The van der Waals surface area contributed by atoms with Gasteiger partial charge in [0.1, 0.15) is 29.7 Å². The van der Waals surface area contributed by atoms with Crippen LogP contribution in [0.25, 0.3) is 6.08 Å². The molecule has 190 valence electrons. The number of hydrogen-bond donors (Lipinski definition) is 1. The van der Waals surface area contributed by atoms with Gasteiger partial charge in [0.2, 0.25) is 0 Å². The lowest BCUT2D eigenvalue weighted by molar-refractivity contribution is -0.384. The number of rotatable bonds is 10. The fraction of sp³-hybridized carbons (Fsp3) is 0.154. The van der Waals surface area contributed by atoms with Crippen molar-refractivity contribution in [2.45, 2.75) is 13.5 Å². The molecule has 1 amide bonds. The third-order valence-corrected chi connectivity index (χ3v) is 5.95. The molecule has 0 atom stereocenters. The minimum atomic E-state index is -0.816. The van der Waals surface area contributed by atoms with Crippen molar-refractivity contribution in [1.29, 1.82) is 5.26 Å². The van der Waals surface area contributed by atoms with Gasteiger partial charge in [-0.3, -0.25) is 14.9 Å². The van der Waals surface area contributed by atoms with Crippen LogP contribution in [0.2, 0.25) is 5.02 Å². The predicted octanol–water partition coefficient (Wildman–Crippen LogP) is 6.54. The number of nitriles is 1.